The standard InChI is InChI=1S/C16H13FN6O.C4H9N/c1-9-3-13(21-23-5-10(2)19-15(9)23)11-4-12(17)16-20-14(18-8-24)7-22(16)6-11;1-4-2-3-5-4/h3-8H,1-2H3,(H,18,24);4-5H,2-3H2,1H3. The molecule has 29 heavy (non-hydrogen) atoms. The number of halogens is 1. The number of aryl methyl sites for hydroxylation is 2. The Balaban J connectivity index is 0.000000359. The van der Waals surface area contributed by atoms with Gasteiger partial charge < -0.3 is 15.0 Å². The van der Waals surface area contributed by atoms with E-state index in [0.29, 0.717) is 17.7 Å². The van der Waals surface area contributed by atoms with E-state index in [1.807, 2.05) is 26.1 Å². The first-order valence-corrected chi connectivity index (χ1v) is 9.40. The molecule has 0 radical (unpaired) electrons. The van der Waals surface area contributed by atoms with Crippen molar-refractivity contribution in [3.63, 3.8) is 0 Å². The number of pyridine rings is 1. The summed E-state index contributed by atoms with van der Waals surface area (Å²) in [6.07, 6.45) is 6.96. The zero-order chi connectivity index (χ0) is 20.5. The second-order valence-electron chi connectivity index (χ2n) is 7.20. The Morgan fingerprint density at radius 1 is 1.21 bits per heavy atom. The summed E-state index contributed by atoms with van der Waals surface area (Å²) in [6.45, 7) is 7.27. The summed E-state index contributed by atoms with van der Waals surface area (Å²) in [5, 5.41) is 10.1. The fourth-order valence-corrected chi connectivity index (χ4v) is 3.15. The van der Waals surface area contributed by atoms with Crippen molar-refractivity contribution in [2.24, 2.45) is 0 Å². The first-order valence-electron chi connectivity index (χ1n) is 9.40. The maximum atomic E-state index is 14.4. The average Bonchev–Trinajstić information content (AvgIpc) is 3.23. The zero-order valence-corrected chi connectivity index (χ0v) is 16.5. The van der Waals surface area contributed by atoms with Crippen LogP contribution >= 0.6 is 0 Å². The Kier molecular flexibility index (Phi) is 4.98. The van der Waals surface area contributed by atoms with E-state index in [1.165, 1.54) is 23.4 Å². The Morgan fingerprint density at radius 2 is 1.97 bits per heavy atom. The third kappa shape index (κ3) is 3.81. The first kappa shape index (κ1) is 19.0. The third-order valence-electron chi connectivity index (χ3n) is 4.81. The highest BCUT2D eigenvalue weighted by atomic mass is 19.1. The van der Waals surface area contributed by atoms with Gasteiger partial charge in [0, 0.05) is 17.8 Å². The average molecular weight is 395 g/mol. The molecule has 0 aliphatic carbocycles. The van der Waals surface area contributed by atoms with Crippen LogP contribution in [0.4, 0.5) is 10.2 Å². The van der Waals surface area contributed by atoms with Crippen LogP contribution in [0.1, 0.15) is 24.6 Å². The van der Waals surface area contributed by atoms with Crippen LogP contribution in [0.15, 0.2) is 30.7 Å². The molecule has 4 aromatic rings. The van der Waals surface area contributed by atoms with E-state index in [9.17, 15) is 9.18 Å². The first-order chi connectivity index (χ1) is 13.9. The molecule has 5 heterocycles. The van der Waals surface area contributed by atoms with Gasteiger partial charge in [-0.1, -0.05) is 0 Å². The molecule has 1 aliphatic heterocycles. The summed E-state index contributed by atoms with van der Waals surface area (Å²) in [5.41, 5.74) is 3.95. The smallest absolute Gasteiger partial charge is 0.212 e. The van der Waals surface area contributed by atoms with Crippen LogP contribution < -0.4 is 10.6 Å². The normalized spacial score (nSPS) is 15.7. The summed E-state index contributed by atoms with van der Waals surface area (Å²) in [5.74, 6) is -0.210. The van der Waals surface area contributed by atoms with E-state index in [4.69, 9.17) is 0 Å². The van der Waals surface area contributed by atoms with Crippen molar-refractivity contribution >= 4 is 23.5 Å². The molecule has 4 aromatic heterocycles. The minimum atomic E-state index is -0.493. The number of carbonyl (C=O) groups excluding carboxylic acids is 1. The second kappa shape index (κ2) is 7.59. The van der Waals surface area contributed by atoms with Gasteiger partial charge in [0.15, 0.2) is 22.9 Å². The van der Waals surface area contributed by atoms with E-state index in [1.54, 1.807) is 16.9 Å². The molecule has 1 atom stereocenters. The molecule has 0 bridgehead atoms. The summed E-state index contributed by atoms with van der Waals surface area (Å²) in [7, 11) is 0. The lowest BCUT2D eigenvalue weighted by Gasteiger charge is -2.22. The molecule has 1 fully saturated rings. The van der Waals surface area contributed by atoms with Crippen molar-refractivity contribution in [1.29, 1.82) is 0 Å². The van der Waals surface area contributed by atoms with Gasteiger partial charge in [-0.3, -0.25) is 4.79 Å². The molecular weight excluding hydrogens is 373 g/mol. The Morgan fingerprint density at radius 3 is 2.62 bits per heavy atom. The highest BCUT2D eigenvalue weighted by Gasteiger charge is 2.13. The Hall–Kier alpha value is -3.33. The summed E-state index contributed by atoms with van der Waals surface area (Å²) < 4.78 is 17.6. The largest absolute Gasteiger partial charge is 0.314 e. The van der Waals surface area contributed by atoms with Crippen LogP contribution in [-0.4, -0.2) is 43.0 Å². The molecule has 1 saturated heterocycles. The van der Waals surface area contributed by atoms with Gasteiger partial charge in [-0.05, 0) is 51.4 Å². The van der Waals surface area contributed by atoms with E-state index in [-0.39, 0.29) is 11.5 Å². The molecular formula is C20H22FN7O. The molecule has 1 unspecified atom stereocenters. The number of carbonyl (C=O) groups is 1. The molecule has 150 valence electrons. The van der Waals surface area contributed by atoms with Gasteiger partial charge in [-0.2, -0.15) is 5.10 Å². The molecule has 0 saturated carbocycles. The van der Waals surface area contributed by atoms with Gasteiger partial charge in [0.1, 0.15) is 0 Å². The highest BCUT2D eigenvalue weighted by Crippen LogP contribution is 2.24. The van der Waals surface area contributed by atoms with E-state index < -0.39 is 5.82 Å². The van der Waals surface area contributed by atoms with Crippen molar-refractivity contribution in [1.82, 2.24) is 29.3 Å². The van der Waals surface area contributed by atoms with E-state index >= 15 is 0 Å². The molecule has 0 spiro atoms. The number of nitrogens with one attached hydrogen (secondary N) is 2. The van der Waals surface area contributed by atoms with Crippen LogP contribution in [0.3, 0.4) is 0 Å². The van der Waals surface area contributed by atoms with Crippen molar-refractivity contribution < 1.29 is 9.18 Å². The summed E-state index contributed by atoms with van der Waals surface area (Å²) >= 11 is 0. The van der Waals surface area contributed by atoms with Gasteiger partial charge in [0.25, 0.3) is 0 Å². The minimum Gasteiger partial charge on any atom is -0.314 e. The number of nitrogens with zero attached hydrogens (tertiary/aromatic N) is 5. The maximum absolute atomic E-state index is 14.4. The topological polar surface area (TPSA) is 88.6 Å². The monoisotopic (exact) mass is 395 g/mol. The number of fused-ring (bicyclic) bond motifs is 2. The zero-order valence-electron chi connectivity index (χ0n) is 16.5. The summed E-state index contributed by atoms with van der Waals surface area (Å²) in [4.78, 5) is 18.9. The number of anilines is 1. The molecule has 2 N–H and O–H groups in total. The van der Waals surface area contributed by atoms with Crippen molar-refractivity contribution in [3.8, 4) is 11.3 Å². The van der Waals surface area contributed by atoms with Crippen molar-refractivity contribution in [2.75, 3.05) is 11.9 Å². The third-order valence-corrected chi connectivity index (χ3v) is 4.81. The molecule has 8 nitrogen and oxygen atoms in total. The molecule has 1 aliphatic rings. The van der Waals surface area contributed by atoms with Gasteiger partial charge in [0.2, 0.25) is 6.41 Å². The fourth-order valence-electron chi connectivity index (χ4n) is 3.15. The Bertz CT molecular complexity index is 1190. The molecule has 9 heteroatoms. The lowest BCUT2D eigenvalue weighted by Crippen LogP contribution is -2.39. The van der Waals surface area contributed by atoms with Crippen LogP contribution in [0.25, 0.3) is 22.6 Å². The lowest BCUT2D eigenvalue weighted by molar-refractivity contribution is -0.105. The van der Waals surface area contributed by atoms with Gasteiger partial charge >= 0.3 is 0 Å². The lowest BCUT2D eigenvalue weighted by atomic mass is 10.1. The number of imidazole rings is 2. The van der Waals surface area contributed by atoms with Crippen LogP contribution in [0.5, 0.6) is 0 Å². The highest BCUT2D eigenvalue weighted by molar-refractivity contribution is 5.71. The SMILES string of the molecule is CC1CCN1.Cc1cn2nc(-c3cc(F)c4nc(NC=O)cn4c3)cc(C)c2n1. The number of hydrogen-bond acceptors (Lipinski definition) is 5. The van der Waals surface area contributed by atoms with Crippen LogP contribution in [0, 0.1) is 19.7 Å². The molecule has 0 aromatic carbocycles. The number of amides is 1. The second-order valence-corrected chi connectivity index (χ2v) is 7.20. The van der Waals surface area contributed by atoms with Crippen molar-refractivity contribution in [2.45, 2.75) is 33.2 Å². The Labute approximate surface area is 166 Å². The van der Waals surface area contributed by atoms with Gasteiger partial charge in [-0.15, -0.1) is 0 Å². The van der Waals surface area contributed by atoms with E-state index in [2.05, 4.69) is 32.6 Å². The summed E-state index contributed by atoms with van der Waals surface area (Å²) in [6, 6.07) is 4.06. The van der Waals surface area contributed by atoms with Crippen LogP contribution in [-0.2, 0) is 4.79 Å². The van der Waals surface area contributed by atoms with Gasteiger partial charge in [0.05, 0.1) is 23.8 Å². The van der Waals surface area contributed by atoms with Crippen molar-refractivity contribution in [3.05, 3.63) is 47.8 Å². The fraction of sp³-hybridized carbons (Fsp3) is 0.300. The number of hydrogen-bond donors (Lipinski definition) is 2. The quantitative estimate of drug-likeness (QED) is 0.521. The predicted octanol–water partition coefficient (Wildman–Crippen LogP) is 2.74. The van der Waals surface area contributed by atoms with Crippen LogP contribution in [0.2, 0.25) is 0 Å². The number of rotatable bonds is 3. The predicted molar refractivity (Wildman–Crippen MR) is 108 cm³/mol. The van der Waals surface area contributed by atoms with Gasteiger partial charge in [-0.25, -0.2) is 18.9 Å². The molecule has 5 rings (SSSR count). The minimum absolute atomic E-state index is 0.138. The number of aromatic nitrogens is 5. The van der Waals surface area contributed by atoms with E-state index in [0.717, 1.165) is 22.9 Å². The molecule has 1 amide bonds. The maximum Gasteiger partial charge on any atom is 0.212 e.